The predicted octanol–water partition coefficient (Wildman–Crippen LogP) is 3.33. The Balaban J connectivity index is 2.02. The minimum atomic E-state index is -0.565. The molecule has 2 heteroatoms. The lowest BCUT2D eigenvalue weighted by Gasteiger charge is -2.24. The van der Waals surface area contributed by atoms with Crippen molar-refractivity contribution in [1.29, 1.82) is 0 Å². The molecule has 0 N–H and O–H groups in total. The number of alkyl halides is 1. The molecule has 0 bridgehead atoms. The lowest BCUT2D eigenvalue weighted by molar-refractivity contribution is 0.00851. The van der Waals surface area contributed by atoms with Crippen molar-refractivity contribution in [3.63, 3.8) is 0 Å². The second kappa shape index (κ2) is 5.58. The minimum absolute atomic E-state index is 0.339. The van der Waals surface area contributed by atoms with Crippen molar-refractivity contribution in [1.82, 2.24) is 0 Å². The summed E-state index contributed by atoms with van der Waals surface area (Å²) >= 11 is 0. The average Bonchev–Trinajstić information content (AvgIpc) is 2.08. The van der Waals surface area contributed by atoms with Crippen LogP contribution < -0.4 is 0 Å². The lowest BCUT2D eigenvalue weighted by Crippen LogP contribution is -2.22. The molecule has 1 saturated carbocycles. The summed E-state index contributed by atoms with van der Waals surface area (Å²) in [4.78, 5) is 0. The van der Waals surface area contributed by atoms with Gasteiger partial charge in [0.25, 0.3) is 0 Å². The van der Waals surface area contributed by atoms with Gasteiger partial charge in [-0.2, -0.15) is 0 Å². The Hall–Kier alpha value is -0.110. The summed E-state index contributed by atoms with van der Waals surface area (Å²) in [5, 5.41) is 0. The van der Waals surface area contributed by atoms with Gasteiger partial charge < -0.3 is 4.74 Å². The molecule has 0 heterocycles. The van der Waals surface area contributed by atoms with Crippen LogP contribution in [0.1, 0.15) is 46.0 Å². The van der Waals surface area contributed by atoms with Gasteiger partial charge in [-0.15, -0.1) is 0 Å². The van der Waals surface area contributed by atoms with Gasteiger partial charge >= 0.3 is 0 Å². The third kappa shape index (κ3) is 4.61. The van der Waals surface area contributed by atoms with E-state index >= 15 is 0 Å². The molecule has 78 valence electrons. The lowest BCUT2D eigenvalue weighted by atomic mass is 9.96. The van der Waals surface area contributed by atoms with Gasteiger partial charge in [0.1, 0.15) is 6.17 Å². The molecule has 0 radical (unpaired) electrons. The van der Waals surface area contributed by atoms with Crippen LogP contribution in [0.5, 0.6) is 0 Å². The second-order valence-electron chi connectivity index (χ2n) is 4.43. The van der Waals surface area contributed by atoms with E-state index in [1.165, 1.54) is 0 Å². The van der Waals surface area contributed by atoms with Crippen molar-refractivity contribution in [3.8, 4) is 0 Å². The number of rotatable bonds is 4. The number of hydrogen-bond acceptors (Lipinski definition) is 1. The molecule has 0 unspecified atom stereocenters. The molecule has 0 atom stereocenters. The monoisotopic (exact) mass is 188 g/mol. The van der Waals surface area contributed by atoms with Gasteiger partial charge in [-0.25, -0.2) is 4.39 Å². The first-order valence-corrected chi connectivity index (χ1v) is 5.44. The highest BCUT2D eigenvalue weighted by molar-refractivity contribution is 4.71. The molecular weight excluding hydrogens is 167 g/mol. The fourth-order valence-electron chi connectivity index (χ4n) is 1.66. The number of hydrogen-bond donors (Lipinski definition) is 0. The maximum absolute atomic E-state index is 12.8. The molecule has 0 aromatic heterocycles. The van der Waals surface area contributed by atoms with Crippen LogP contribution in [0.2, 0.25) is 0 Å². The first-order chi connectivity index (χ1) is 6.18. The van der Waals surface area contributed by atoms with Crippen LogP contribution in [0.4, 0.5) is 4.39 Å². The normalized spacial score (nSPS) is 29.5. The summed E-state index contributed by atoms with van der Waals surface area (Å²) in [7, 11) is 0. The SMILES string of the molecule is CC(C)CCOC1CCC(F)CC1. The minimum Gasteiger partial charge on any atom is -0.378 e. The van der Waals surface area contributed by atoms with Crippen LogP contribution in [0.15, 0.2) is 0 Å². The molecule has 1 aliphatic rings. The number of ether oxygens (including phenoxy) is 1. The van der Waals surface area contributed by atoms with Gasteiger partial charge in [-0.3, -0.25) is 0 Å². The standard InChI is InChI=1S/C11H21FO/c1-9(2)7-8-13-11-5-3-10(12)4-6-11/h9-11H,3-8H2,1-2H3. The Labute approximate surface area is 80.7 Å². The van der Waals surface area contributed by atoms with Crippen molar-refractivity contribution < 1.29 is 9.13 Å². The van der Waals surface area contributed by atoms with Crippen molar-refractivity contribution in [2.75, 3.05) is 6.61 Å². The van der Waals surface area contributed by atoms with E-state index in [1.54, 1.807) is 0 Å². The zero-order chi connectivity index (χ0) is 9.68. The third-order valence-electron chi connectivity index (χ3n) is 2.65. The fourth-order valence-corrected chi connectivity index (χ4v) is 1.66. The van der Waals surface area contributed by atoms with Crippen molar-refractivity contribution >= 4 is 0 Å². The van der Waals surface area contributed by atoms with Crippen molar-refractivity contribution in [2.45, 2.75) is 58.2 Å². The maximum atomic E-state index is 12.8. The van der Waals surface area contributed by atoms with Crippen LogP contribution in [-0.4, -0.2) is 18.9 Å². The smallest absolute Gasteiger partial charge is 0.100 e. The molecule has 0 spiro atoms. The van der Waals surface area contributed by atoms with Crippen molar-refractivity contribution in [2.24, 2.45) is 5.92 Å². The molecule has 0 aliphatic heterocycles. The Bertz CT molecular complexity index is 128. The molecule has 13 heavy (non-hydrogen) atoms. The van der Waals surface area contributed by atoms with Gasteiger partial charge in [0.15, 0.2) is 0 Å². The largest absolute Gasteiger partial charge is 0.378 e. The predicted molar refractivity (Wildman–Crippen MR) is 52.6 cm³/mol. The molecule has 1 rings (SSSR count). The molecule has 0 amide bonds. The topological polar surface area (TPSA) is 9.23 Å². The molecule has 1 fully saturated rings. The van der Waals surface area contributed by atoms with Crippen LogP contribution in [-0.2, 0) is 4.74 Å². The molecule has 0 aromatic carbocycles. The van der Waals surface area contributed by atoms with Gasteiger partial charge in [0, 0.05) is 6.61 Å². The van der Waals surface area contributed by atoms with E-state index in [1.807, 2.05) is 0 Å². The first-order valence-electron chi connectivity index (χ1n) is 5.44. The highest BCUT2D eigenvalue weighted by Gasteiger charge is 2.20. The Morgan fingerprint density at radius 1 is 1.23 bits per heavy atom. The average molecular weight is 188 g/mol. The fraction of sp³-hybridized carbons (Fsp3) is 1.00. The summed E-state index contributed by atoms with van der Waals surface area (Å²) < 4.78 is 18.4. The molecule has 1 aliphatic carbocycles. The van der Waals surface area contributed by atoms with Crippen LogP contribution in [0.3, 0.4) is 0 Å². The first kappa shape index (κ1) is 11.0. The Morgan fingerprint density at radius 2 is 1.85 bits per heavy atom. The second-order valence-corrected chi connectivity index (χ2v) is 4.43. The zero-order valence-electron chi connectivity index (χ0n) is 8.76. The van der Waals surface area contributed by atoms with Crippen LogP contribution in [0.25, 0.3) is 0 Å². The zero-order valence-corrected chi connectivity index (χ0v) is 8.76. The summed E-state index contributed by atoms with van der Waals surface area (Å²) in [6, 6.07) is 0. The van der Waals surface area contributed by atoms with E-state index < -0.39 is 6.17 Å². The number of halogens is 1. The van der Waals surface area contributed by atoms with E-state index in [9.17, 15) is 4.39 Å². The maximum Gasteiger partial charge on any atom is 0.100 e. The van der Waals surface area contributed by atoms with Gasteiger partial charge in [-0.1, -0.05) is 13.8 Å². The third-order valence-corrected chi connectivity index (χ3v) is 2.65. The van der Waals surface area contributed by atoms with Crippen molar-refractivity contribution in [3.05, 3.63) is 0 Å². The summed E-state index contributed by atoms with van der Waals surface area (Å²) in [6.45, 7) is 5.24. The highest BCUT2D eigenvalue weighted by Crippen LogP contribution is 2.23. The Kier molecular flexibility index (Phi) is 4.71. The Morgan fingerprint density at radius 3 is 2.38 bits per heavy atom. The molecule has 0 aromatic rings. The van der Waals surface area contributed by atoms with E-state index in [2.05, 4.69) is 13.8 Å². The summed E-state index contributed by atoms with van der Waals surface area (Å²) in [5.41, 5.74) is 0. The van der Waals surface area contributed by atoms with Crippen LogP contribution >= 0.6 is 0 Å². The van der Waals surface area contributed by atoms with E-state index in [0.29, 0.717) is 24.9 Å². The molecule has 0 saturated heterocycles. The van der Waals surface area contributed by atoms with E-state index in [4.69, 9.17) is 4.74 Å². The quantitative estimate of drug-likeness (QED) is 0.657. The van der Waals surface area contributed by atoms with E-state index in [0.717, 1.165) is 25.9 Å². The summed E-state index contributed by atoms with van der Waals surface area (Å²) in [5.74, 6) is 0.706. The van der Waals surface area contributed by atoms with Gasteiger partial charge in [0.2, 0.25) is 0 Å². The highest BCUT2D eigenvalue weighted by atomic mass is 19.1. The molecule has 1 nitrogen and oxygen atoms in total. The van der Waals surface area contributed by atoms with E-state index in [-0.39, 0.29) is 0 Å². The van der Waals surface area contributed by atoms with Gasteiger partial charge in [-0.05, 0) is 38.0 Å². The summed E-state index contributed by atoms with van der Waals surface area (Å²) in [6.07, 6.45) is 4.13. The molecular formula is C11H21FO. The van der Waals surface area contributed by atoms with Gasteiger partial charge in [0.05, 0.1) is 6.10 Å². The van der Waals surface area contributed by atoms with Crippen LogP contribution in [0, 0.1) is 5.92 Å².